The lowest BCUT2D eigenvalue weighted by Crippen LogP contribution is -2.45. The van der Waals surface area contributed by atoms with Gasteiger partial charge in [-0.1, -0.05) is 66.7 Å². The Balaban J connectivity index is 0.815. The van der Waals surface area contributed by atoms with Gasteiger partial charge in [0.1, 0.15) is 0 Å². The molecule has 9 nitrogen and oxygen atoms in total. The fraction of sp³-hybridized carbons (Fsp3) is 0.385. The van der Waals surface area contributed by atoms with Crippen LogP contribution in [-0.2, 0) is 65.9 Å². The number of hydrogen-bond donors (Lipinski definition) is 0. The van der Waals surface area contributed by atoms with Crippen molar-refractivity contribution in [3.8, 4) is 0 Å². The molecule has 268 valence electrons. The zero-order valence-corrected chi connectivity index (χ0v) is 31.3. The molecule has 2 fully saturated rings. The second kappa shape index (κ2) is 14.7. The van der Waals surface area contributed by atoms with Gasteiger partial charge in [0.15, 0.2) is 0 Å². The van der Waals surface area contributed by atoms with Crippen LogP contribution in [0, 0.1) is 0 Å². The number of thioether (sulfide) groups is 1. The molecule has 0 saturated carbocycles. The number of sulfonamides is 2. The van der Waals surface area contributed by atoms with Gasteiger partial charge in [-0.25, -0.2) is 16.8 Å². The largest absolute Gasteiger partial charge is 0.297 e. The normalized spacial score (nSPS) is 19.7. The predicted molar refractivity (Wildman–Crippen MR) is 202 cm³/mol. The third kappa shape index (κ3) is 7.70. The zero-order valence-electron chi connectivity index (χ0n) is 28.9. The lowest BCUT2D eigenvalue weighted by molar-refractivity contribution is 0.122. The predicted octanol–water partition coefficient (Wildman–Crippen LogP) is 4.96. The Morgan fingerprint density at radius 2 is 0.843 bits per heavy atom. The first-order valence-electron chi connectivity index (χ1n) is 17.8. The van der Waals surface area contributed by atoms with Crippen molar-refractivity contribution in [2.24, 2.45) is 0 Å². The first kappa shape index (κ1) is 35.0. The van der Waals surface area contributed by atoms with Crippen LogP contribution >= 0.6 is 11.8 Å². The molecule has 0 spiro atoms. The number of nitrogens with zero attached hydrogens (tertiary/aromatic N) is 5. The number of fused-ring (bicyclic) bond motifs is 2. The van der Waals surface area contributed by atoms with E-state index in [1.54, 1.807) is 32.9 Å². The maximum Gasteiger partial charge on any atom is 0.243 e. The highest BCUT2D eigenvalue weighted by Crippen LogP contribution is 2.31. The van der Waals surface area contributed by atoms with Crippen molar-refractivity contribution in [3.63, 3.8) is 0 Å². The van der Waals surface area contributed by atoms with Gasteiger partial charge in [0.05, 0.1) is 9.79 Å². The Morgan fingerprint density at radius 3 is 1.33 bits per heavy atom. The summed E-state index contributed by atoms with van der Waals surface area (Å²) in [5, 5.41) is 0. The smallest absolute Gasteiger partial charge is 0.243 e. The molecule has 4 aliphatic heterocycles. The summed E-state index contributed by atoms with van der Waals surface area (Å²) < 4.78 is 57.0. The average molecular weight is 744 g/mol. The SMILES string of the molecule is O=S(=O)(c1ccc(CN2CCN(Cc3ccc4c(c3)CN(S(=O)(=O)c3ccc(CN5CCSCC5)cc3)C4)CC2)cc1)N1Cc2ccccc2C1. The summed E-state index contributed by atoms with van der Waals surface area (Å²) in [5.74, 6) is 2.31. The van der Waals surface area contributed by atoms with Crippen LogP contribution in [0.25, 0.3) is 0 Å². The molecule has 0 N–H and O–H groups in total. The summed E-state index contributed by atoms with van der Waals surface area (Å²) in [6, 6.07) is 29.2. The number of piperazine rings is 1. The molecule has 8 rings (SSSR count). The highest BCUT2D eigenvalue weighted by molar-refractivity contribution is 7.99. The first-order valence-corrected chi connectivity index (χ1v) is 21.8. The van der Waals surface area contributed by atoms with E-state index in [1.807, 2.05) is 60.3 Å². The van der Waals surface area contributed by atoms with Crippen molar-refractivity contribution < 1.29 is 16.8 Å². The quantitative estimate of drug-likeness (QED) is 0.226. The van der Waals surface area contributed by atoms with Gasteiger partial charge in [-0.15, -0.1) is 0 Å². The molecule has 0 radical (unpaired) electrons. The van der Waals surface area contributed by atoms with Crippen molar-refractivity contribution >= 4 is 31.8 Å². The molecule has 0 atom stereocenters. The topological polar surface area (TPSA) is 84.5 Å². The van der Waals surface area contributed by atoms with E-state index in [1.165, 1.54) is 5.56 Å². The summed E-state index contributed by atoms with van der Waals surface area (Å²) in [7, 11) is -7.13. The molecule has 4 aliphatic rings. The molecule has 4 aromatic carbocycles. The van der Waals surface area contributed by atoms with Gasteiger partial charge in [-0.05, 0) is 63.2 Å². The summed E-state index contributed by atoms with van der Waals surface area (Å²) in [4.78, 5) is 8.01. The summed E-state index contributed by atoms with van der Waals surface area (Å²) >= 11 is 1.99. The average Bonchev–Trinajstić information content (AvgIpc) is 3.79. The third-order valence-electron chi connectivity index (χ3n) is 10.7. The van der Waals surface area contributed by atoms with E-state index in [-0.39, 0.29) is 0 Å². The van der Waals surface area contributed by atoms with Crippen LogP contribution in [0.4, 0.5) is 0 Å². The van der Waals surface area contributed by atoms with Crippen molar-refractivity contribution in [1.29, 1.82) is 0 Å². The molecule has 0 aliphatic carbocycles. The lowest BCUT2D eigenvalue weighted by Gasteiger charge is -2.34. The van der Waals surface area contributed by atoms with Gasteiger partial charge >= 0.3 is 0 Å². The summed E-state index contributed by atoms with van der Waals surface area (Å²) in [5.41, 5.74) is 7.79. The number of benzene rings is 4. The fourth-order valence-corrected chi connectivity index (χ4v) is 11.4. The van der Waals surface area contributed by atoms with Crippen LogP contribution in [0.2, 0.25) is 0 Å². The summed E-state index contributed by atoms with van der Waals surface area (Å²) in [6.45, 7) is 10.0. The Bertz CT molecular complexity index is 2050. The van der Waals surface area contributed by atoms with Gasteiger partial charge in [0.2, 0.25) is 20.0 Å². The highest BCUT2D eigenvalue weighted by Gasteiger charge is 2.32. The molecule has 4 heterocycles. The van der Waals surface area contributed by atoms with E-state index in [9.17, 15) is 16.8 Å². The molecule has 0 aromatic heterocycles. The van der Waals surface area contributed by atoms with E-state index in [0.717, 1.165) is 104 Å². The fourth-order valence-electron chi connectivity index (χ4n) is 7.63. The molecular formula is C39H45N5O4S3. The van der Waals surface area contributed by atoms with Crippen LogP contribution in [0.3, 0.4) is 0 Å². The van der Waals surface area contributed by atoms with Gasteiger partial charge in [0, 0.05) is 96.6 Å². The molecule has 0 unspecified atom stereocenters. The Labute approximate surface area is 306 Å². The van der Waals surface area contributed by atoms with Crippen LogP contribution in [0.5, 0.6) is 0 Å². The van der Waals surface area contributed by atoms with E-state index in [4.69, 9.17) is 0 Å². The van der Waals surface area contributed by atoms with Gasteiger partial charge < -0.3 is 0 Å². The van der Waals surface area contributed by atoms with Crippen LogP contribution in [0.15, 0.2) is 101 Å². The molecular weight excluding hydrogens is 699 g/mol. The summed E-state index contributed by atoms with van der Waals surface area (Å²) in [6.07, 6.45) is 0. The van der Waals surface area contributed by atoms with Gasteiger partial charge in [0.25, 0.3) is 0 Å². The van der Waals surface area contributed by atoms with E-state index in [0.29, 0.717) is 36.0 Å². The second-order valence-electron chi connectivity index (χ2n) is 14.1. The van der Waals surface area contributed by atoms with Crippen LogP contribution < -0.4 is 0 Å². The first-order chi connectivity index (χ1) is 24.7. The number of hydrogen-bond acceptors (Lipinski definition) is 8. The lowest BCUT2D eigenvalue weighted by atomic mass is 10.1. The van der Waals surface area contributed by atoms with E-state index in [2.05, 4.69) is 32.9 Å². The molecule has 4 aromatic rings. The van der Waals surface area contributed by atoms with E-state index < -0.39 is 20.0 Å². The zero-order chi connectivity index (χ0) is 35.0. The van der Waals surface area contributed by atoms with Gasteiger partial charge in [-0.3, -0.25) is 14.7 Å². The minimum atomic E-state index is -3.58. The standard InChI is InChI=1S/C39H45N5O4S3/c45-50(46,43-27-34-3-1-2-4-35(34)28-43)38-11-6-31(7-12-38)24-40-15-17-41(18-16-40)26-33-5-10-36-29-44(30-37(36)23-33)51(47,48)39-13-8-32(9-14-39)25-42-19-21-49-22-20-42/h1-14,23H,15-22,24-30H2. The maximum absolute atomic E-state index is 13.6. The minimum absolute atomic E-state index is 0.343. The molecule has 0 bridgehead atoms. The third-order valence-corrected chi connectivity index (χ3v) is 15.2. The Hall–Kier alpha value is -3.07. The second-order valence-corrected chi connectivity index (χ2v) is 19.2. The Kier molecular flexibility index (Phi) is 10.1. The van der Waals surface area contributed by atoms with Crippen molar-refractivity contribution in [2.75, 3.05) is 50.8 Å². The van der Waals surface area contributed by atoms with Crippen molar-refractivity contribution in [2.45, 2.75) is 55.6 Å². The van der Waals surface area contributed by atoms with Crippen molar-refractivity contribution in [3.05, 3.63) is 130 Å². The van der Waals surface area contributed by atoms with Gasteiger partial charge in [-0.2, -0.15) is 20.4 Å². The Morgan fingerprint density at radius 1 is 0.451 bits per heavy atom. The molecule has 2 saturated heterocycles. The molecule has 12 heteroatoms. The minimum Gasteiger partial charge on any atom is -0.297 e. The van der Waals surface area contributed by atoms with E-state index >= 15 is 0 Å². The van der Waals surface area contributed by atoms with Crippen LogP contribution in [-0.4, -0.2) is 90.9 Å². The molecule has 0 amide bonds. The van der Waals surface area contributed by atoms with Crippen molar-refractivity contribution in [1.82, 2.24) is 23.3 Å². The molecule has 51 heavy (non-hydrogen) atoms. The monoisotopic (exact) mass is 743 g/mol. The van der Waals surface area contributed by atoms with Crippen LogP contribution in [0.1, 0.15) is 38.9 Å². The highest BCUT2D eigenvalue weighted by atomic mass is 32.2. The number of rotatable bonds is 10. The maximum atomic E-state index is 13.6.